The molecule has 4 heteroatoms. The highest BCUT2D eigenvalue weighted by Gasteiger charge is 2.04. The minimum Gasteiger partial charge on any atom is -0.396 e. The molecule has 0 bridgehead atoms. The summed E-state index contributed by atoms with van der Waals surface area (Å²) in [4.78, 5) is 0. The fraction of sp³-hybridized carbons (Fsp3) is 0.429. The Morgan fingerprint density at radius 2 is 2.28 bits per heavy atom. The summed E-state index contributed by atoms with van der Waals surface area (Å²) in [5.74, 6) is 7.26. The van der Waals surface area contributed by atoms with Gasteiger partial charge in [0.05, 0.1) is 6.54 Å². The Morgan fingerprint density at radius 1 is 1.50 bits per heavy atom. The van der Waals surface area contributed by atoms with Crippen molar-refractivity contribution in [1.29, 1.82) is 0 Å². The standard InChI is InChI=1S/C14H18FNOS/c1-11(8-17)9-18-10-13-4-5-14(15)7-12(13)3-2-6-16/h4-5,7,11,17H,6,8-10,16H2,1H3. The largest absolute Gasteiger partial charge is 0.396 e. The molecule has 3 N–H and O–H groups in total. The van der Waals surface area contributed by atoms with Gasteiger partial charge < -0.3 is 10.8 Å². The Morgan fingerprint density at radius 3 is 2.94 bits per heavy atom. The topological polar surface area (TPSA) is 46.2 Å². The molecule has 1 aromatic carbocycles. The minimum absolute atomic E-state index is 0.191. The number of aliphatic hydroxyl groups is 1. The molecule has 0 amide bonds. The monoisotopic (exact) mass is 267 g/mol. The molecule has 2 nitrogen and oxygen atoms in total. The molecule has 1 unspecified atom stereocenters. The van der Waals surface area contributed by atoms with Crippen LogP contribution in [0.3, 0.4) is 0 Å². The van der Waals surface area contributed by atoms with Gasteiger partial charge in [-0.05, 0) is 29.4 Å². The molecule has 0 heterocycles. The van der Waals surface area contributed by atoms with Gasteiger partial charge in [0.2, 0.25) is 0 Å². The number of nitrogens with two attached hydrogens (primary N) is 1. The van der Waals surface area contributed by atoms with Gasteiger partial charge in [-0.1, -0.05) is 24.8 Å². The van der Waals surface area contributed by atoms with E-state index in [0.29, 0.717) is 5.56 Å². The number of rotatable bonds is 5. The van der Waals surface area contributed by atoms with Gasteiger partial charge in [-0.15, -0.1) is 0 Å². The first kappa shape index (κ1) is 15.0. The third kappa shape index (κ3) is 5.09. The van der Waals surface area contributed by atoms with Gasteiger partial charge in [0, 0.05) is 17.9 Å². The Balaban J connectivity index is 2.69. The van der Waals surface area contributed by atoms with E-state index >= 15 is 0 Å². The summed E-state index contributed by atoms with van der Waals surface area (Å²) in [6.07, 6.45) is 0. The smallest absolute Gasteiger partial charge is 0.124 e. The molecular formula is C14H18FNOS. The highest BCUT2D eigenvalue weighted by molar-refractivity contribution is 7.98. The Hall–Kier alpha value is -1.02. The fourth-order valence-electron chi connectivity index (χ4n) is 1.36. The summed E-state index contributed by atoms with van der Waals surface area (Å²) < 4.78 is 13.1. The SMILES string of the molecule is CC(CO)CSCc1ccc(F)cc1C#CCN. The van der Waals surface area contributed by atoms with Gasteiger partial charge in [0.15, 0.2) is 0 Å². The van der Waals surface area contributed by atoms with E-state index in [1.54, 1.807) is 17.8 Å². The van der Waals surface area contributed by atoms with Crippen molar-refractivity contribution in [2.24, 2.45) is 11.7 Å². The van der Waals surface area contributed by atoms with Crippen LogP contribution in [0.1, 0.15) is 18.1 Å². The first-order chi connectivity index (χ1) is 8.67. The quantitative estimate of drug-likeness (QED) is 0.802. The third-order valence-electron chi connectivity index (χ3n) is 2.37. The molecular weight excluding hydrogens is 249 g/mol. The van der Waals surface area contributed by atoms with Crippen LogP contribution >= 0.6 is 11.8 Å². The predicted octanol–water partition coefficient (Wildman–Crippen LogP) is 2.00. The lowest BCUT2D eigenvalue weighted by atomic mass is 10.1. The maximum absolute atomic E-state index is 13.1. The van der Waals surface area contributed by atoms with E-state index in [1.807, 2.05) is 6.92 Å². The molecule has 0 aliphatic heterocycles. The van der Waals surface area contributed by atoms with Gasteiger partial charge in [-0.25, -0.2) is 4.39 Å². The van der Waals surface area contributed by atoms with E-state index in [9.17, 15) is 4.39 Å². The predicted molar refractivity (Wildman–Crippen MR) is 74.7 cm³/mol. The summed E-state index contributed by atoms with van der Waals surface area (Å²) in [6, 6.07) is 4.64. The van der Waals surface area contributed by atoms with Crippen molar-refractivity contribution in [1.82, 2.24) is 0 Å². The fourth-order valence-corrected chi connectivity index (χ4v) is 2.46. The summed E-state index contributed by atoms with van der Waals surface area (Å²) in [6.45, 7) is 2.45. The molecule has 0 saturated carbocycles. The number of benzene rings is 1. The van der Waals surface area contributed by atoms with Gasteiger partial charge in [-0.2, -0.15) is 11.8 Å². The van der Waals surface area contributed by atoms with Crippen molar-refractivity contribution in [2.75, 3.05) is 18.9 Å². The summed E-state index contributed by atoms with van der Waals surface area (Å²) in [7, 11) is 0. The Kier molecular flexibility index (Phi) is 6.81. The molecule has 0 spiro atoms. The second-order valence-corrected chi connectivity index (χ2v) is 5.14. The molecule has 0 saturated heterocycles. The molecule has 18 heavy (non-hydrogen) atoms. The molecule has 1 rings (SSSR count). The van der Waals surface area contributed by atoms with Crippen LogP contribution < -0.4 is 5.73 Å². The number of halogens is 1. The van der Waals surface area contributed by atoms with Crippen LogP contribution in [0.2, 0.25) is 0 Å². The average Bonchev–Trinajstić information content (AvgIpc) is 2.38. The lowest BCUT2D eigenvalue weighted by Crippen LogP contribution is -2.03. The molecule has 0 aliphatic rings. The maximum atomic E-state index is 13.1. The number of hydrogen-bond donors (Lipinski definition) is 2. The normalized spacial score (nSPS) is 11.8. The zero-order valence-electron chi connectivity index (χ0n) is 10.4. The van der Waals surface area contributed by atoms with Crippen molar-refractivity contribution in [3.63, 3.8) is 0 Å². The molecule has 0 fully saturated rings. The zero-order valence-corrected chi connectivity index (χ0v) is 11.3. The van der Waals surface area contributed by atoms with Crippen molar-refractivity contribution in [2.45, 2.75) is 12.7 Å². The van der Waals surface area contributed by atoms with Crippen LogP contribution in [0.5, 0.6) is 0 Å². The van der Waals surface area contributed by atoms with Gasteiger partial charge in [0.1, 0.15) is 5.82 Å². The molecule has 0 aromatic heterocycles. The molecule has 0 aliphatic carbocycles. The summed E-state index contributed by atoms with van der Waals surface area (Å²) in [5.41, 5.74) is 7.03. The molecule has 98 valence electrons. The average molecular weight is 267 g/mol. The lowest BCUT2D eigenvalue weighted by Gasteiger charge is -2.08. The Bertz CT molecular complexity index is 439. The van der Waals surface area contributed by atoms with Gasteiger partial charge >= 0.3 is 0 Å². The van der Waals surface area contributed by atoms with Crippen molar-refractivity contribution >= 4 is 11.8 Å². The van der Waals surface area contributed by atoms with Crippen LogP contribution in [0, 0.1) is 23.6 Å². The maximum Gasteiger partial charge on any atom is 0.124 e. The third-order valence-corrected chi connectivity index (χ3v) is 3.69. The van der Waals surface area contributed by atoms with E-state index < -0.39 is 0 Å². The van der Waals surface area contributed by atoms with Crippen LogP contribution in [0.15, 0.2) is 18.2 Å². The number of hydrogen-bond acceptors (Lipinski definition) is 3. The van der Waals surface area contributed by atoms with E-state index in [1.165, 1.54) is 12.1 Å². The molecule has 0 radical (unpaired) electrons. The van der Waals surface area contributed by atoms with Crippen LogP contribution in [0.25, 0.3) is 0 Å². The second-order valence-electron chi connectivity index (χ2n) is 4.11. The molecule has 1 atom stereocenters. The highest BCUT2D eigenvalue weighted by Crippen LogP contribution is 2.19. The first-order valence-electron chi connectivity index (χ1n) is 5.83. The second kappa shape index (κ2) is 8.15. The lowest BCUT2D eigenvalue weighted by molar-refractivity contribution is 0.250. The van der Waals surface area contributed by atoms with E-state index in [0.717, 1.165) is 17.1 Å². The zero-order chi connectivity index (χ0) is 13.4. The van der Waals surface area contributed by atoms with Crippen molar-refractivity contribution < 1.29 is 9.50 Å². The van der Waals surface area contributed by atoms with Gasteiger partial charge in [-0.3, -0.25) is 0 Å². The van der Waals surface area contributed by atoms with Crippen molar-refractivity contribution in [3.05, 3.63) is 35.1 Å². The van der Waals surface area contributed by atoms with E-state index in [2.05, 4.69) is 11.8 Å². The van der Waals surface area contributed by atoms with Crippen LogP contribution in [-0.2, 0) is 5.75 Å². The van der Waals surface area contributed by atoms with Crippen LogP contribution in [-0.4, -0.2) is 24.0 Å². The van der Waals surface area contributed by atoms with Crippen molar-refractivity contribution in [3.8, 4) is 11.8 Å². The number of aliphatic hydroxyl groups excluding tert-OH is 1. The first-order valence-corrected chi connectivity index (χ1v) is 6.98. The summed E-state index contributed by atoms with van der Waals surface area (Å²) in [5, 5.41) is 8.94. The Labute approximate surface area is 112 Å². The highest BCUT2D eigenvalue weighted by atomic mass is 32.2. The van der Waals surface area contributed by atoms with Crippen LogP contribution in [0.4, 0.5) is 4.39 Å². The van der Waals surface area contributed by atoms with Gasteiger partial charge in [0.25, 0.3) is 0 Å². The van der Waals surface area contributed by atoms with E-state index in [-0.39, 0.29) is 24.9 Å². The summed E-state index contributed by atoms with van der Waals surface area (Å²) >= 11 is 1.71. The number of thioether (sulfide) groups is 1. The van der Waals surface area contributed by atoms with E-state index in [4.69, 9.17) is 10.8 Å². The minimum atomic E-state index is -0.284. The molecule has 1 aromatic rings.